The van der Waals surface area contributed by atoms with Crippen molar-refractivity contribution in [2.45, 2.75) is 13.5 Å². The molecule has 3 aromatic rings. The predicted octanol–water partition coefficient (Wildman–Crippen LogP) is 2.79. The van der Waals surface area contributed by atoms with Crippen LogP contribution in [0, 0.1) is 6.92 Å². The zero-order valence-corrected chi connectivity index (χ0v) is 13.0. The van der Waals surface area contributed by atoms with Crippen LogP contribution in [0.25, 0.3) is 16.9 Å². The van der Waals surface area contributed by atoms with Gasteiger partial charge in [-0.15, -0.1) is 0 Å². The van der Waals surface area contributed by atoms with Crippen LogP contribution < -0.4 is 15.2 Å². The van der Waals surface area contributed by atoms with E-state index in [1.54, 1.807) is 14.2 Å². The molecule has 3 rings (SSSR count). The van der Waals surface area contributed by atoms with E-state index >= 15 is 0 Å². The minimum Gasteiger partial charge on any atom is -0.493 e. The first-order chi connectivity index (χ1) is 10.7. The van der Waals surface area contributed by atoms with Crippen molar-refractivity contribution in [2.24, 2.45) is 5.73 Å². The highest BCUT2D eigenvalue weighted by molar-refractivity contribution is 5.69. The summed E-state index contributed by atoms with van der Waals surface area (Å²) in [7, 11) is 3.26. The summed E-state index contributed by atoms with van der Waals surface area (Å²) in [4.78, 5) is 4.71. The lowest BCUT2D eigenvalue weighted by atomic mass is 10.1. The number of hydrogen-bond acceptors (Lipinski definition) is 4. The fraction of sp³-hybridized carbons (Fsp3) is 0.235. The Morgan fingerprint density at radius 1 is 1.09 bits per heavy atom. The van der Waals surface area contributed by atoms with Crippen molar-refractivity contribution >= 4 is 5.65 Å². The fourth-order valence-corrected chi connectivity index (χ4v) is 2.58. The second kappa shape index (κ2) is 5.69. The lowest BCUT2D eigenvalue weighted by Crippen LogP contribution is -1.98. The third-order valence-corrected chi connectivity index (χ3v) is 3.81. The van der Waals surface area contributed by atoms with Crippen LogP contribution in [0.1, 0.15) is 11.3 Å². The number of aromatic nitrogens is 2. The van der Waals surface area contributed by atoms with Gasteiger partial charge in [-0.1, -0.05) is 6.07 Å². The number of nitrogens with zero attached hydrogens (tertiary/aromatic N) is 2. The van der Waals surface area contributed by atoms with Gasteiger partial charge in [-0.25, -0.2) is 4.98 Å². The minimum absolute atomic E-state index is 0.513. The van der Waals surface area contributed by atoms with Gasteiger partial charge in [-0.3, -0.25) is 0 Å². The lowest BCUT2D eigenvalue weighted by molar-refractivity contribution is 0.355. The van der Waals surface area contributed by atoms with Crippen LogP contribution in [0.2, 0.25) is 0 Å². The maximum atomic E-state index is 5.71. The Hall–Kier alpha value is -2.53. The molecule has 0 unspecified atom stereocenters. The van der Waals surface area contributed by atoms with Crippen LogP contribution >= 0.6 is 0 Å². The third kappa shape index (κ3) is 2.29. The fourth-order valence-electron chi connectivity index (χ4n) is 2.58. The summed E-state index contributed by atoms with van der Waals surface area (Å²) in [6, 6.07) is 9.81. The molecule has 5 heteroatoms. The monoisotopic (exact) mass is 297 g/mol. The first-order valence-corrected chi connectivity index (χ1v) is 7.08. The van der Waals surface area contributed by atoms with Gasteiger partial charge in [0.1, 0.15) is 5.65 Å². The molecule has 22 heavy (non-hydrogen) atoms. The average Bonchev–Trinajstić information content (AvgIpc) is 2.90. The van der Waals surface area contributed by atoms with E-state index in [0.29, 0.717) is 18.0 Å². The number of methoxy groups -OCH3 is 2. The van der Waals surface area contributed by atoms with E-state index in [-0.39, 0.29) is 0 Å². The molecule has 0 bridgehead atoms. The highest BCUT2D eigenvalue weighted by atomic mass is 16.5. The van der Waals surface area contributed by atoms with Crippen LogP contribution in [0.4, 0.5) is 0 Å². The number of fused-ring (bicyclic) bond motifs is 1. The second-order valence-corrected chi connectivity index (χ2v) is 5.09. The van der Waals surface area contributed by atoms with E-state index in [0.717, 1.165) is 28.2 Å². The minimum atomic E-state index is 0.513. The molecule has 2 N–H and O–H groups in total. The van der Waals surface area contributed by atoms with Crippen LogP contribution in [0.3, 0.4) is 0 Å². The quantitative estimate of drug-likeness (QED) is 0.804. The molecule has 0 radical (unpaired) electrons. The van der Waals surface area contributed by atoms with Crippen LogP contribution in [-0.4, -0.2) is 23.6 Å². The first kappa shape index (κ1) is 14.4. The number of ether oxygens (including phenoxy) is 2. The van der Waals surface area contributed by atoms with E-state index in [2.05, 4.69) is 4.40 Å². The largest absolute Gasteiger partial charge is 0.493 e. The molecule has 0 fully saturated rings. The molecule has 1 aromatic carbocycles. The molecule has 0 aliphatic carbocycles. The van der Waals surface area contributed by atoms with Crippen LogP contribution in [0.5, 0.6) is 11.5 Å². The van der Waals surface area contributed by atoms with Crippen molar-refractivity contribution in [1.82, 2.24) is 9.38 Å². The van der Waals surface area contributed by atoms with Crippen LogP contribution in [0.15, 0.2) is 36.5 Å². The summed E-state index contributed by atoms with van der Waals surface area (Å²) in [5, 5.41) is 0. The van der Waals surface area contributed by atoms with Crippen molar-refractivity contribution < 1.29 is 9.47 Å². The molecule has 0 spiro atoms. The number of pyridine rings is 1. The molecule has 5 nitrogen and oxygen atoms in total. The van der Waals surface area contributed by atoms with Crippen molar-refractivity contribution in [3.8, 4) is 22.8 Å². The van der Waals surface area contributed by atoms with E-state index in [1.165, 1.54) is 0 Å². The maximum Gasteiger partial charge on any atom is 0.161 e. The molecule has 2 aromatic heterocycles. The van der Waals surface area contributed by atoms with Gasteiger partial charge in [-0.05, 0) is 36.8 Å². The van der Waals surface area contributed by atoms with Gasteiger partial charge in [0.25, 0.3) is 0 Å². The molecule has 0 saturated carbocycles. The number of nitrogens with two attached hydrogens (primary N) is 1. The standard InChI is InChI=1S/C17H19N3O2/c1-11-17(13-5-6-14(21-2)15(8-13)22-3)19-16-7-4-12(9-18)10-20(11)16/h4-8,10H,9,18H2,1-3H3. The van der Waals surface area contributed by atoms with Crippen molar-refractivity contribution in [2.75, 3.05) is 14.2 Å². The second-order valence-electron chi connectivity index (χ2n) is 5.09. The number of benzene rings is 1. The average molecular weight is 297 g/mol. The molecule has 114 valence electrons. The molecule has 0 aliphatic heterocycles. The van der Waals surface area contributed by atoms with Crippen molar-refractivity contribution in [3.63, 3.8) is 0 Å². The highest BCUT2D eigenvalue weighted by Crippen LogP contribution is 2.33. The Morgan fingerprint density at radius 3 is 2.55 bits per heavy atom. The number of hydrogen-bond donors (Lipinski definition) is 1. The summed E-state index contributed by atoms with van der Waals surface area (Å²) < 4.78 is 12.7. The highest BCUT2D eigenvalue weighted by Gasteiger charge is 2.13. The Morgan fingerprint density at radius 2 is 1.86 bits per heavy atom. The number of imidazole rings is 1. The Kier molecular flexibility index (Phi) is 3.73. The Balaban J connectivity index is 2.15. The van der Waals surface area contributed by atoms with Gasteiger partial charge in [-0.2, -0.15) is 0 Å². The van der Waals surface area contributed by atoms with E-state index in [9.17, 15) is 0 Å². The van der Waals surface area contributed by atoms with Gasteiger partial charge in [0.15, 0.2) is 11.5 Å². The van der Waals surface area contributed by atoms with Gasteiger partial charge >= 0.3 is 0 Å². The molecule has 0 atom stereocenters. The Bertz CT molecular complexity index is 824. The van der Waals surface area contributed by atoms with E-state index in [1.807, 2.05) is 43.5 Å². The third-order valence-electron chi connectivity index (χ3n) is 3.81. The lowest BCUT2D eigenvalue weighted by Gasteiger charge is -2.09. The summed E-state index contributed by atoms with van der Waals surface area (Å²) in [6.07, 6.45) is 2.03. The molecule has 0 saturated heterocycles. The maximum absolute atomic E-state index is 5.71. The number of rotatable bonds is 4. The first-order valence-electron chi connectivity index (χ1n) is 7.08. The summed E-state index contributed by atoms with van der Waals surface area (Å²) in [5.74, 6) is 1.40. The molecule has 0 amide bonds. The SMILES string of the molecule is COc1ccc(-c2nc3ccc(CN)cn3c2C)cc1OC. The Labute approximate surface area is 129 Å². The van der Waals surface area contributed by atoms with Crippen molar-refractivity contribution in [1.29, 1.82) is 0 Å². The van der Waals surface area contributed by atoms with Gasteiger partial charge in [0.05, 0.1) is 19.9 Å². The molecule has 2 heterocycles. The predicted molar refractivity (Wildman–Crippen MR) is 86.4 cm³/mol. The van der Waals surface area contributed by atoms with Crippen molar-refractivity contribution in [3.05, 3.63) is 47.8 Å². The van der Waals surface area contributed by atoms with Gasteiger partial charge in [0.2, 0.25) is 0 Å². The summed E-state index contributed by atoms with van der Waals surface area (Å²) in [6.45, 7) is 2.56. The van der Waals surface area contributed by atoms with Crippen LogP contribution in [-0.2, 0) is 6.54 Å². The molecular weight excluding hydrogens is 278 g/mol. The summed E-state index contributed by atoms with van der Waals surface area (Å²) in [5.41, 5.74) is 10.7. The zero-order chi connectivity index (χ0) is 15.7. The summed E-state index contributed by atoms with van der Waals surface area (Å²) >= 11 is 0. The van der Waals surface area contributed by atoms with E-state index in [4.69, 9.17) is 20.2 Å². The van der Waals surface area contributed by atoms with Gasteiger partial charge < -0.3 is 19.6 Å². The normalized spacial score (nSPS) is 10.9. The number of aryl methyl sites for hydroxylation is 1. The van der Waals surface area contributed by atoms with E-state index < -0.39 is 0 Å². The molecular formula is C17H19N3O2. The zero-order valence-electron chi connectivity index (χ0n) is 13.0. The van der Waals surface area contributed by atoms with Gasteiger partial charge in [0, 0.05) is 24.0 Å². The molecule has 0 aliphatic rings. The topological polar surface area (TPSA) is 61.8 Å². The smallest absolute Gasteiger partial charge is 0.161 e.